The largest absolute Gasteiger partial charge is 0.444 e. The van der Waals surface area contributed by atoms with Gasteiger partial charge in [-0.15, -0.1) is 0 Å². The van der Waals surface area contributed by atoms with Crippen molar-refractivity contribution in [1.29, 1.82) is 0 Å². The Morgan fingerprint density at radius 2 is 1.76 bits per heavy atom. The second-order valence-electron chi connectivity index (χ2n) is 9.08. The Morgan fingerprint density at radius 1 is 0.939 bits per heavy atom. The molecule has 1 spiro atoms. The molecule has 1 aromatic carbocycles. The lowest BCUT2D eigenvalue weighted by atomic mass is 9.72. The molecule has 2 fully saturated rings. The van der Waals surface area contributed by atoms with Gasteiger partial charge in [0.05, 0.1) is 6.20 Å². The molecule has 4 aromatic rings. The standard InChI is InChI=1S/C25H24N6O2/c26-24(32)18-3-6-28-22(10-18)30-7-4-25(5-8-30)14-31(15-25)23-11-20-9-17(21-13-27-16-33-21)1-2-19(20)12-29-23/h1-3,6,9-13,16H,4-5,7-8,14-15H2,(H2,26,32). The number of amides is 1. The SMILES string of the molecule is NC(=O)c1ccnc(N2CCC3(CC2)CN(c2cc4cc(-c5cnco5)ccc4cn2)C3)c1. The minimum Gasteiger partial charge on any atom is -0.444 e. The van der Waals surface area contributed by atoms with E-state index in [9.17, 15) is 4.79 Å². The number of benzene rings is 1. The molecule has 33 heavy (non-hydrogen) atoms. The van der Waals surface area contributed by atoms with E-state index in [-0.39, 0.29) is 0 Å². The molecule has 1 amide bonds. The summed E-state index contributed by atoms with van der Waals surface area (Å²) in [5.74, 6) is 2.19. The zero-order chi connectivity index (χ0) is 22.4. The first-order valence-corrected chi connectivity index (χ1v) is 11.1. The maximum Gasteiger partial charge on any atom is 0.248 e. The molecule has 0 aliphatic carbocycles. The van der Waals surface area contributed by atoms with Gasteiger partial charge in [-0.3, -0.25) is 4.79 Å². The Bertz CT molecular complexity index is 1320. The van der Waals surface area contributed by atoms with Gasteiger partial charge >= 0.3 is 0 Å². The lowest BCUT2D eigenvalue weighted by Crippen LogP contribution is -2.60. The van der Waals surface area contributed by atoms with Crippen molar-refractivity contribution >= 4 is 28.3 Å². The van der Waals surface area contributed by atoms with Crippen LogP contribution in [0.15, 0.2) is 65.8 Å². The van der Waals surface area contributed by atoms with Crippen LogP contribution in [-0.2, 0) is 0 Å². The molecule has 2 aliphatic rings. The lowest BCUT2D eigenvalue weighted by molar-refractivity contribution is 0.1000. The Balaban J connectivity index is 1.14. The van der Waals surface area contributed by atoms with Crippen molar-refractivity contribution in [2.75, 3.05) is 36.0 Å². The number of pyridine rings is 2. The molecule has 0 unspecified atom stereocenters. The Labute approximate surface area is 191 Å². The number of rotatable bonds is 4. The molecule has 2 N–H and O–H groups in total. The molecule has 0 atom stereocenters. The fraction of sp³-hybridized carbons (Fsp3) is 0.280. The molecule has 166 valence electrons. The molecule has 8 nitrogen and oxygen atoms in total. The number of nitrogens with two attached hydrogens (primary N) is 1. The summed E-state index contributed by atoms with van der Waals surface area (Å²) in [5, 5.41) is 2.25. The Kier molecular flexibility index (Phi) is 4.53. The predicted molar refractivity (Wildman–Crippen MR) is 126 cm³/mol. The summed E-state index contributed by atoms with van der Waals surface area (Å²) < 4.78 is 5.44. The lowest BCUT2D eigenvalue weighted by Gasteiger charge is -2.54. The number of aromatic nitrogens is 3. The maximum absolute atomic E-state index is 11.5. The first-order chi connectivity index (χ1) is 16.1. The second-order valence-corrected chi connectivity index (χ2v) is 9.08. The number of hydrogen-bond donors (Lipinski definition) is 1. The molecule has 0 radical (unpaired) electrons. The molecule has 0 bridgehead atoms. The molecule has 6 rings (SSSR count). The number of nitrogens with zero attached hydrogens (tertiary/aromatic N) is 5. The third-order valence-corrected chi connectivity index (χ3v) is 6.98. The van der Waals surface area contributed by atoms with E-state index < -0.39 is 5.91 Å². The molecule has 3 aromatic heterocycles. The highest BCUT2D eigenvalue weighted by atomic mass is 16.3. The average molecular weight is 441 g/mol. The van der Waals surface area contributed by atoms with Crippen molar-refractivity contribution in [3.63, 3.8) is 0 Å². The normalized spacial score (nSPS) is 17.3. The van der Waals surface area contributed by atoms with Crippen LogP contribution >= 0.6 is 0 Å². The van der Waals surface area contributed by atoms with Crippen LogP contribution in [0.4, 0.5) is 11.6 Å². The summed E-state index contributed by atoms with van der Waals surface area (Å²) in [5.41, 5.74) is 7.25. The minimum absolute atomic E-state index is 0.316. The van der Waals surface area contributed by atoms with E-state index in [1.54, 1.807) is 24.5 Å². The quantitative estimate of drug-likeness (QED) is 0.518. The van der Waals surface area contributed by atoms with Crippen LogP contribution in [0.2, 0.25) is 0 Å². The van der Waals surface area contributed by atoms with E-state index >= 15 is 0 Å². The third-order valence-electron chi connectivity index (χ3n) is 6.98. The van der Waals surface area contributed by atoms with Crippen LogP contribution in [0.5, 0.6) is 0 Å². The van der Waals surface area contributed by atoms with Crippen molar-refractivity contribution in [3.05, 3.63) is 66.9 Å². The fourth-order valence-corrected chi connectivity index (χ4v) is 5.01. The number of fused-ring (bicyclic) bond motifs is 1. The highest BCUT2D eigenvalue weighted by Gasteiger charge is 2.45. The van der Waals surface area contributed by atoms with Gasteiger partial charge in [-0.05, 0) is 42.5 Å². The van der Waals surface area contributed by atoms with Crippen LogP contribution in [0.25, 0.3) is 22.1 Å². The first kappa shape index (κ1) is 19.7. The van der Waals surface area contributed by atoms with Crippen molar-refractivity contribution in [2.45, 2.75) is 12.8 Å². The van der Waals surface area contributed by atoms with E-state index in [0.29, 0.717) is 11.0 Å². The Hall–Kier alpha value is -3.94. The van der Waals surface area contributed by atoms with Crippen molar-refractivity contribution < 1.29 is 9.21 Å². The summed E-state index contributed by atoms with van der Waals surface area (Å²) in [7, 11) is 0. The number of primary amides is 1. The van der Waals surface area contributed by atoms with Crippen molar-refractivity contribution in [2.24, 2.45) is 11.1 Å². The second kappa shape index (κ2) is 7.58. The smallest absolute Gasteiger partial charge is 0.248 e. The summed E-state index contributed by atoms with van der Waals surface area (Å²) in [4.78, 5) is 29.3. The summed E-state index contributed by atoms with van der Waals surface area (Å²) in [6, 6.07) is 11.8. The van der Waals surface area contributed by atoms with Crippen LogP contribution in [0.1, 0.15) is 23.2 Å². The van der Waals surface area contributed by atoms with Gasteiger partial charge in [0.25, 0.3) is 0 Å². The monoisotopic (exact) mass is 440 g/mol. The number of anilines is 2. The fourth-order valence-electron chi connectivity index (χ4n) is 5.01. The summed E-state index contributed by atoms with van der Waals surface area (Å²) in [6.45, 7) is 3.87. The highest BCUT2D eigenvalue weighted by Crippen LogP contribution is 2.43. The Morgan fingerprint density at radius 3 is 2.52 bits per heavy atom. The van der Waals surface area contributed by atoms with Gasteiger partial charge in [0.1, 0.15) is 11.6 Å². The molecule has 0 saturated carbocycles. The summed E-state index contributed by atoms with van der Waals surface area (Å²) in [6.07, 6.45) is 8.97. The first-order valence-electron chi connectivity index (χ1n) is 11.1. The van der Waals surface area contributed by atoms with Crippen LogP contribution < -0.4 is 15.5 Å². The van der Waals surface area contributed by atoms with Crippen molar-refractivity contribution in [3.8, 4) is 11.3 Å². The highest BCUT2D eigenvalue weighted by molar-refractivity contribution is 5.93. The van der Waals surface area contributed by atoms with E-state index in [1.165, 1.54) is 6.39 Å². The van der Waals surface area contributed by atoms with Gasteiger partial charge in [0.2, 0.25) is 5.91 Å². The van der Waals surface area contributed by atoms with Gasteiger partial charge in [0.15, 0.2) is 12.2 Å². The number of carbonyl (C=O) groups excluding carboxylic acids is 1. The molecule has 8 heteroatoms. The van der Waals surface area contributed by atoms with E-state index in [0.717, 1.165) is 72.8 Å². The third kappa shape index (κ3) is 3.57. The maximum atomic E-state index is 11.5. The van der Waals surface area contributed by atoms with Gasteiger partial charge in [0, 0.05) is 60.5 Å². The van der Waals surface area contributed by atoms with Gasteiger partial charge in [-0.1, -0.05) is 12.1 Å². The van der Waals surface area contributed by atoms with E-state index in [4.69, 9.17) is 15.1 Å². The molecular weight excluding hydrogens is 416 g/mol. The van der Waals surface area contributed by atoms with Crippen LogP contribution in [-0.4, -0.2) is 47.0 Å². The van der Waals surface area contributed by atoms with Crippen molar-refractivity contribution in [1.82, 2.24) is 15.0 Å². The zero-order valence-corrected chi connectivity index (χ0v) is 18.1. The number of piperidine rings is 1. The number of hydrogen-bond acceptors (Lipinski definition) is 7. The topological polar surface area (TPSA) is 101 Å². The number of carbonyl (C=O) groups is 1. The molecule has 5 heterocycles. The average Bonchev–Trinajstić information content (AvgIpc) is 3.37. The van der Waals surface area contributed by atoms with Gasteiger partial charge < -0.3 is 20.0 Å². The predicted octanol–water partition coefficient (Wildman–Crippen LogP) is 3.49. The van der Waals surface area contributed by atoms with Crippen LogP contribution in [0, 0.1) is 5.41 Å². The van der Waals surface area contributed by atoms with Crippen LogP contribution in [0.3, 0.4) is 0 Å². The van der Waals surface area contributed by atoms with Gasteiger partial charge in [-0.25, -0.2) is 15.0 Å². The van der Waals surface area contributed by atoms with E-state index in [2.05, 4.69) is 38.0 Å². The zero-order valence-electron chi connectivity index (χ0n) is 18.1. The minimum atomic E-state index is -0.419. The van der Waals surface area contributed by atoms with E-state index in [1.807, 2.05) is 12.3 Å². The molecule has 2 saturated heterocycles. The molecule has 2 aliphatic heterocycles. The molecular formula is C25H24N6O2. The summed E-state index contributed by atoms with van der Waals surface area (Å²) >= 11 is 0. The number of oxazole rings is 1. The van der Waals surface area contributed by atoms with Gasteiger partial charge in [-0.2, -0.15) is 0 Å².